The predicted molar refractivity (Wildman–Crippen MR) is 94.5 cm³/mol. The molecule has 0 atom stereocenters. The monoisotopic (exact) mass is 320 g/mol. The number of hydrogen-bond acceptors (Lipinski definition) is 2. The van der Waals surface area contributed by atoms with Gasteiger partial charge >= 0.3 is 0 Å². The Morgan fingerprint density at radius 3 is 2.00 bits per heavy atom. The second-order valence-electron chi connectivity index (χ2n) is 5.10. The van der Waals surface area contributed by atoms with Crippen molar-refractivity contribution >= 4 is 24.8 Å². The van der Waals surface area contributed by atoms with Crippen LogP contribution in [0.2, 0.25) is 0 Å². The van der Waals surface area contributed by atoms with Crippen LogP contribution < -0.4 is 5.32 Å². The van der Waals surface area contributed by atoms with Gasteiger partial charge in [0.2, 0.25) is 0 Å². The van der Waals surface area contributed by atoms with Crippen LogP contribution in [0.15, 0.2) is 24.3 Å². The zero-order valence-electron chi connectivity index (χ0n) is 13.2. The van der Waals surface area contributed by atoms with E-state index >= 15 is 0 Å². The van der Waals surface area contributed by atoms with Crippen LogP contribution in [0.5, 0.6) is 0 Å². The number of halogens is 2. The molecule has 0 spiro atoms. The molecular weight excluding hydrogens is 291 g/mol. The fraction of sp³-hybridized carbons (Fsp3) is 0.625. The van der Waals surface area contributed by atoms with Gasteiger partial charge < -0.3 is 10.2 Å². The van der Waals surface area contributed by atoms with E-state index in [-0.39, 0.29) is 24.8 Å². The van der Waals surface area contributed by atoms with Crippen molar-refractivity contribution in [1.82, 2.24) is 10.2 Å². The van der Waals surface area contributed by atoms with E-state index in [0.717, 1.165) is 32.7 Å². The summed E-state index contributed by atoms with van der Waals surface area (Å²) in [6.45, 7) is 14.4. The molecule has 0 saturated carbocycles. The van der Waals surface area contributed by atoms with Gasteiger partial charge in [0, 0.05) is 19.6 Å². The van der Waals surface area contributed by atoms with Crippen molar-refractivity contribution in [2.24, 2.45) is 0 Å². The lowest BCUT2D eigenvalue weighted by Crippen LogP contribution is -2.31. The zero-order valence-corrected chi connectivity index (χ0v) is 14.8. The van der Waals surface area contributed by atoms with Gasteiger partial charge in [0.1, 0.15) is 0 Å². The van der Waals surface area contributed by atoms with E-state index in [9.17, 15) is 0 Å². The van der Waals surface area contributed by atoms with Crippen molar-refractivity contribution in [2.75, 3.05) is 26.2 Å². The van der Waals surface area contributed by atoms with Gasteiger partial charge in [-0.05, 0) is 30.1 Å². The Morgan fingerprint density at radius 1 is 1.00 bits per heavy atom. The summed E-state index contributed by atoms with van der Waals surface area (Å²) in [5, 5.41) is 3.51. The summed E-state index contributed by atoms with van der Waals surface area (Å²) in [5.74, 6) is 0.620. The van der Waals surface area contributed by atoms with Crippen LogP contribution in [-0.4, -0.2) is 31.1 Å². The lowest BCUT2D eigenvalue weighted by Gasteiger charge is -2.18. The van der Waals surface area contributed by atoms with E-state index in [1.54, 1.807) is 0 Å². The minimum Gasteiger partial charge on any atom is -0.311 e. The summed E-state index contributed by atoms with van der Waals surface area (Å²) < 4.78 is 0. The van der Waals surface area contributed by atoms with Crippen LogP contribution in [-0.2, 0) is 6.54 Å². The molecule has 20 heavy (non-hydrogen) atoms. The maximum absolute atomic E-state index is 3.51. The number of nitrogens with zero attached hydrogens (tertiary/aromatic N) is 1. The molecule has 0 aliphatic carbocycles. The molecule has 2 nitrogen and oxygen atoms in total. The van der Waals surface area contributed by atoms with Crippen LogP contribution in [0.1, 0.15) is 44.7 Å². The average molecular weight is 321 g/mol. The quantitative estimate of drug-likeness (QED) is 0.726. The smallest absolute Gasteiger partial charge is 0.0206 e. The number of nitrogens with one attached hydrogen (secondary N) is 1. The highest BCUT2D eigenvalue weighted by atomic mass is 35.5. The third-order valence-electron chi connectivity index (χ3n) is 3.47. The van der Waals surface area contributed by atoms with E-state index in [1.807, 2.05) is 0 Å². The van der Waals surface area contributed by atoms with Gasteiger partial charge in [0.15, 0.2) is 0 Å². The zero-order chi connectivity index (χ0) is 13.4. The molecule has 1 aromatic carbocycles. The molecule has 0 bridgehead atoms. The van der Waals surface area contributed by atoms with E-state index in [4.69, 9.17) is 0 Å². The molecule has 1 N–H and O–H groups in total. The molecule has 0 unspecified atom stereocenters. The van der Waals surface area contributed by atoms with Gasteiger partial charge in [-0.3, -0.25) is 0 Å². The minimum absolute atomic E-state index is 0. The fourth-order valence-electron chi connectivity index (χ4n) is 2.03. The molecule has 0 saturated heterocycles. The maximum atomic E-state index is 3.51. The van der Waals surface area contributed by atoms with Gasteiger partial charge in [-0.1, -0.05) is 52.0 Å². The Hall–Kier alpha value is -0.280. The molecule has 0 aliphatic heterocycles. The lowest BCUT2D eigenvalue weighted by molar-refractivity contribution is 0.302. The Morgan fingerprint density at radius 2 is 1.55 bits per heavy atom. The number of benzene rings is 1. The molecule has 0 amide bonds. The molecular formula is C16H30Cl2N2. The normalized spacial score (nSPS) is 10.3. The van der Waals surface area contributed by atoms with Crippen LogP contribution in [0.4, 0.5) is 0 Å². The maximum Gasteiger partial charge on any atom is 0.0206 e. The summed E-state index contributed by atoms with van der Waals surface area (Å²) in [6, 6.07) is 8.96. The number of rotatable bonds is 8. The highest BCUT2D eigenvalue weighted by Gasteiger charge is 2.00. The van der Waals surface area contributed by atoms with Crippen molar-refractivity contribution < 1.29 is 0 Å². The summed E-state index contributed by atoms with van der Waals surface area (Å²) in [4.78, 5) is 2.44. The Kier molecular flexibility index (Phi) is 13.7. The second kappa shape index (κ2) is 12.5. The third-order valence-corrected chi connectivity index (χ3v) is 3.47. The van der Waals surface area contributed by atoms with Gasteiger partial charge in [0.05, 0.1) is 0 Å². The highest BCUT2D eigenvalue weighted by Crippen LogP contribution is 2.14. The summed E-state index contributed by atoms with van der Waals surface area (Å²) in [5.41, 5.74) is 2.79. The second-order valence-corrected chi connectivity index (χ2v) is 5.10. The average Bonchev–Trinajstić information content (AvgIpc) is 2.39. The van der Waals surface area contributed by atoms with Crippen molar-refractivity contribution in [2.45, 2.75) is 40.2 Å². The highest BCUT2D eigenvalue weighted by molar-refractivity contribution is 5.85. The number of likely N-dealkylation sites (N-methyl/N-ethyl adjacent to an activating group) is 1. The van der Waals surface area contributed by atoms with Crippen LogP contribution in [0.25, 0.3) is 0 Å². The van der Waals surface area contributed by atoms with E-state index in [2.05, 4.69) is 62.2 Å². The van der Waals surface area contributed by atoms with Crippen molar-refractivity contribution in [3.63, 3.8) is 0 Å². The largest absolute Gasteiger partial charge is 0.311 e. The first-order valence-electron chi connectivity index (χ1n) is 7.19. The molecule has 0 radical (unpaired) electrons. The predicted octanol–water partition coefficient (Wildman–Crippen LogP) is 4.09. The Balaban J connectivity index is 0. The summed E-state index contributed by atoms with van der Waals surface area (Å²) >= 11 is 0. The van der Waals surface area contributed by atoms with E-state index < -0.39 is 0 Å². The first-order valence-corrected chi connectivity index (χ1v) is 7.19. The minimum atomic E-state index is 0. The SMILES string of the molecule is CCN(CC)CCNCc1ccc(C(C)C)cc1.Cl.Cl. The van der Waals surface area contributed by atoms with Crippen LogP contribution >= 0.6 is 24.8 Å². The van der Waals surface area contributed by atoms with Crippen molar-refractivity contribution in [3.8, 4) is 0 Å². The molecule has 0 aliphatic rings. The molecule has 4 heteroatoms. The van der Waals surface area contributed by atoms with Crippen LogP contribution in [0.3, 0.4) is 0 Å². The molecule has 0 aromatic heterocycles. The molecule has 1 rings (SSSR count). The molecule has 0 fully saturated rings. The van der Waals surface area contributed by atoms with Gasteiger partial charge in [-0.2, -0.15) is 0 Å². The third kappa shape index (κ3) is 8.11. The summed E-state index contributed by atoms with van der Waals surface area (Å²) in [7, 11) is 0. The van der Waals surface area contributed by atoms with Gasteiger partial charge in [-0.15, -0.1) is 24.8 Å². The van der Waals surface area contributed by atoms with E-state index in [1.165, 1.54) is 11.1 Å². The Bertz CT molecular complexity index is 322. The lowest BCUT2D eigenvalue weighted by atomic mass is 10.0. The van der Waals surface area contributed by atoms with Gasteiger partial charge in [0.25, 0.3) is 0 Å². The van der Waals surface area contributed by atoms with Crippen molar-refractivity contribution in [1.29, 1.82) is 0 Å². The first kappa shape index (κ1) is 22.0. The number of hydrogen-bond donors (Lipinski definition) is 1. The first-order chi connectivity index (χ1) is 8.67. The topological polar surface area (TPSA) is 15.3 Å². The Labute approximate surface area is 137 Å². The molecule has 0 heterocycles. The summed E-state index contributed by atoms with van der Waals surface area (Å²) in [6.07, 6.45) is 0. The standard InChI is InChI=1S/C16H28N2.2ClH/c1-5-18(6-2)12-11-17-13-15-7-9-16(10-8-15)14(3)4;;/h7-10,14,17H,5-6,11-13H2,1-4H3;2*1H. The molecule has 118 valence electrons. The van der Waals surface area contributed by atoms with Crippen molar-refractivity contribution in [3.05, 3.63) is 35.4 Å². The van der Waals surface area contributed by atoms with Gasteiger partial charge in [-0.25, -0.2) is 0 Å². The molecule has 1 aromatic rings. The van der Waals surface area contributed by atoms with E-state index in [0.29, 0.717) is 5.92 Å². The fourth-order valence-corrected chi connectivity index (χ4v) is 2.03. The van der Waals surface area contributed by atoms with Crippen LogP contribution in [0, 0.1) is 0 Å².